The van der Waals surface area contributed by atoms with Crippen molar-refractivity contribution in [2.45, 2.75) is 51.4 Å². The molecule has 0 heterocycles. The van der Waals surface area contributed by atoms with Crippen LogP contribution in [0.25, 0.3) is 0 Å². The topological polar surface area (TPSA) is 101 Å². The Balaban J connectivity index is 2.61. The second-order valence-corrected chi connectivity index (χ2v) is 13.0. The van der Waals surface area contributed by atoms with Gasteiger partial charge in [0.1, 0.15) is 14.1 Å². The van der Waals surface area contributed by atoms with Gasteiger partial charge in [-0.3, -0.25) is 14.4 Å². The number of hydrogen-bond donors (Lipinski definition) is 3. The molecule has 4 N–H and O–H groups in total. The highest BCUT2D eigenvalue weighted by molar-refractivity contribution is 6.87. The Bertz CT molecular complexity index is 743. The Morgan fingerprint density at radius 2 is 1.74 bits per heavy atom. The average molecular weight is 388 g/mol. The molecule has 3 amide bonds. The first-order chi connectivity index (χ1) is 12.4. The van der Waals surface area contributed by atoms with Gasteiger partial charge in [-0.1, -0.05) is 52.1 Å². The third kappa shape index (κ3) is 7.27. The lowest BCUT2D eigenvalue weighted by Crippen LogP contribution is -2.47. The second kappa shape index (κ2) is 9.37. The summed E-state index contributed by atoms with van der Waals surface area (Å²) in [7, 11) is -1.80. The van der Waals surface area contributed by atoms with Gasteiger partial charge in [-0.15, -0.1) is 11.5 Å². The number of nitrogens with two attached hydrogens (primary N) is 1. The highest BCUT2D eigenvalue weighted by atomic mass is 28.3. The van der Waals surface area contributed by atoms with Crippen molar-refractivity contribution >= 4 is 25.8 Å². The summed E-state index contributed by atoms with van der Waals surface area (Å²) in [6.07, 6.45) is 0.153. The molecule has 0 aliphatic heterocycles. The summed E-state index contributed by atoms with van der Waals surface area (Å²) in [4.78, 5) is 35.6. The van der Waals surface area contributed by atoms with Gasteiger partial charge in [-0.2, -0.15) is 0 Å². The Hall–Kier alpha value is -2.59. The first kappa shape index (κ1) is 22.4. The van der Waals surface area contributed by atoms with Crippen molar-refractivity contribution in [1.29, 1.82) is 0 Å². The minimum Gasteiger partial charge on any atom is -0.368 e. The van der Waals surface area contributed by atoms with Crippen LogP contribution in [0.4, 0.5) is 0 Å². The summed E-state index contributed by atoms with van der Waals surface area (Å²) < 4.78 is 0. The van der Waals surface area contributed by atoms with Crippen molar-refractivity contribution in [3.63, 3.8) is 0 Å². The largest absolute Gasteiger partial charge is 0.368 e. The number of amides is 3. The molecule has 0 spiro atoms. The number of rotatable bonds is 6. The quantitative estimate of drug-likeness (QED) is 0.513. The molecule has 0 saturated carbocycles. The van der Waals surface area contributed by atoms with Gasteiger partial charge >= 0.3 is 0 Å². The Kier molecular flexibility index (Phi) is 7.79. The zero-order valence-electron chi connectivity index (χ0n) is 16.7. The van der Waals surface area contributed by atoms with Gasteiger partial charge in [-0.25, -0.2) is 0 Å². The van der Waals surface area contributed by atoms with Crippen LogP contribution in [0.2, 0.25) is 18.1 Å². The lowest BCUT2D eigenvalue weighted by molar-refractivity contribution is -0.126. The molecule has 1 aromatic carbocycles. The molecular formula is C20H29N3O3Si. The fourth-order valence-electron chi connectivity index (χ4n) is 1.88. The smallest absolute Gasteiger partial charge is 0.251 e. The molecule has 0 aliphatic rings. The van der Waals surface area contributed by atoms with E-state index in [-0.39, 0.29) is 23.9 Å². The molecule has 0 aromatic heterocycles. The minimum absolute atomic E-state index is 0.104. The van der Waals surface area contributed by atoms with Gasteiger partial charge in [0.15, 0.2) is 0 Å². The zero-order chi connectivity index (χ0) is 20.7. The number of nitrogens with one attached hydrogen (secondary N) is 2. The van der Waals surface area contributed by atoms with Crippen LogP contribution < -0.4 is 16.4 Å². The average Bonchev–Trinajstić information content (AvgIpc) is 2.58. The molecule has 27 heavy (non-hydrogen) atoms. The lowest BCUT2D eigenvalue weighted by atomic mass is 10.2. The van der Waals surface area contributed by atoms with Crippen LogP contribution in [0.3, 0.4) is 0 Å². The fraction of sp³-hybridized carbons (Fsp3) is 0.450. The summed E-state index contributed by atoms with van der Waals surface area (Å²) in [6, 6.07) is 7.68. The molecule has 7 heteroatoms. The molecule has 1 rings (SSSR count). The van der Waals surface area contributed by atoms with Crippen molar-refractivity contribution in [1.82, 2.24) is 10.6 Å². The van der Waals surface area contributed by atoms with E-state index in [0.717, 1.165) is 0 Å². The van der Waals surface area contributed by atoms with Crippen LogP contribution >= 0.6 is 0 Å². The van der Waals surface area contributed by atoms with Gasteiger partial charge in [0.05, 0.1) is 6.54 Å². The van der Waals surface area contributed by atoms with E-state index in [0.29, 0.717) is 5.56 Å². The van der Waals surface area contributed by atoms with E-state index >= 15 is 0 Å². The highest BCUT2D eigenvalue weighted by Gasteiger charge is 2.33. The summed E-state index contributed by atoms with van der Waals surface area (Å²) >= 11 is 0. The maximum Gasteiger partial charge on any atom is 0.251 e. The maximum absolute atomic E-state index is 12.0. The van der Waals surface area contributed by atoms with Gasteiger partial charge in [0, 0.05) is 12.0 Å². The normalized spacial score (nSPS) is 12.3. The van der Waals surface area contributed by atoms with Gasteiger partial charge in [-0.05, 0) is 17.2 Å². The second-order valence-electron chi connectivity index (χ2n) is 7.95. The monoisotopic (exact) mass is 387 g/mol. The Morgan fingerprint density at radius 1 is 1.15 bits per heavy atom. The number of benzene rings is 1. The predicted octanol–water partition coefficient (Wildman–Crippen LogP) is 1.83. The summed E-state index contributed by atoms with van der Waals surface area (Å²) in [5, 5.41) is 5.15. The van der Waals surface area contributed by atoms with Crippen LogP contribution in [0, 0.1) is 11.5 Å². The van der Waals surface area contributed by atoms with Gasteiger partial charge < -0.3 is 16.4 Å². The molecule has 0 fully saturated rings. The molecule has 1 atom stereocenters. The summed E-state index contributed by atoms with van der Waals surface area (Å²) in [5.74, 6) is 1.52. The molecule has 0 radical (unpaired) electrons. The third-order valence-electron chi connectivity index (χ3n) is 4.71. The first-order valence-corrected chi connectivity index (χ1v) is 11.9. The van der Waals surface area contributed by atoms with Crippen LogP contribution in [0.5, 0.6) is 0 Å². The number of primary amides is 1. The van der Waals surface area contributed by atoms with Crippen molar-refractivity contribution in [3.05, 3.63) is 35.9 Å². The molecule has 0 unspecified atom stereocenters. The molecule has 6 nitrogen and oxygen atoms in total. The molecular weight excluding hydrogens is 358 g/mol. The summed E-state index contributed by atoms with van der Waals surface area (Å²) in [6.45, 7) is 10.5. The van der Waals surface area contributed by atoms with Crippen molar-refractivity contribution < 1.29 is 14.4 Å². The molecule has 146 valence electrons. The number of carbonyl (C=O) groups is 3. The number of hydrogen-bond acceptors (Lipinski definition) is 3. The van der Waals surface area contributed by atoms with Gasteiger partial charge in [0.2, 0.25) is 11.8 Å². The van der Waals surface area contributed by atoms with Crippen molar-refractivity contribution in [3.8, 4) is 11.5 Å². The van der Waals surface area contributed by atoms with Crippen molar-refractivity contribution in [2.75, 3.05) is 6.54 Å². The van der Waals surface area contributed by atoms with E-state index in [1.54, 1.807) is 30.3 Å². The lowest BCUT2D eigenvalue weighted by Gasteiger charge is -2.31. The Labute approximate surface area is 162 Å². The predicted molar refractivity (Wildman–Crippen MR) is 109 cm³/mol. The molecule has 1 aromatic rings. The van der Waals surface area contributed by atoms with Crippen LogP contribution in [0.1, 0.15) is 37.6 Å². The van der Waals surface area contributed by atoms with Crippen LogP contribution in [0.15, 0.2) is 30.3 Å². The Morgan fingerprint density at radius 3 is 2.26 bits per heavy atom. The first-order valence-electron chi connectivity index (χ1n) is 8.86. The standard InChI is InChI=1S/C20H29N3O3Si/c1-20(2,3)27(4,5)13-9-12-16(18(21)25)23-17(24)14-22-19(26)15-10-7-6-8-11-15/h6-8,10-11,16H,12,14H2,1-5H3,(H2,21,25)(H,22,26)(H,23,24)/t16-/m1/s1. The summed E-state index contributed by atoms with van der Waals surface area (Å²) in [5.41, 5.74) is 9.12. The van der Waals surface area contributed by atoms with E-state index in [1.165, 1.54) is 0 Å². The van der Waals surface area contributed by atoms with E-state index < -0.39 is 25.9 Å². The molecule has 0 aliphatic carbocycles. The van der Waals surface area contributed by atoms with Crippen LogP contribution in [-0.4, -0.2) is 38.4 Å². The van der Waals surface area contributed by atoms with E-state index in [9.17, 15) is 14.4 Å². The number of carbonyl (C=O) groups excluding carboxylic acids is 3. The van der Waals surface area contributed by atoms with E-state index in [4.69, 9.17) is 5.73 Å². The maximum atomic E-state index is 12.0. The highest BCUT2D eigenvalue weighted by Crippen LogP contribution is 2.35. The van der Waals surface area contributed by atoms with Gasteiger partial charge in [0.25, 0.3) is 5.91 Å². The van der Waals surface area contributed by atoms with Crippen molar-refractivity contribution in [2.24, 2.45) is 5.73 Å². The third-order valence-corrected chi connectivity index (χ3v) is 9.26. The van der Waals surface area contributed by atoms with E-state index in [2.05, 4.69) is 56.0 Å². The van der Waals surface area contributed by atoms with E-state index in [1.807, 2.05) is 0 Å². The van der Waals surface area contributed by atoms with Crippen LogP contribution in [-0.2, 0) is 9.59 Å². The molecule has 0 saturated heterocycles. The molecule has 0 bridgehead atoms. The fourth-order valence-corrected chi connectivity index (χ4v) is 2.80. The SMILES string of the molecule is CC(C)(C)[Si](C)(C)C#CC[C@@H](NC(=O)CNC(=O)c1ccccc1)C(N)=O. The zero-order valence-corrected chi connectivity index (χ0v) is 17.7. The minimum atomic E-state index is -1.80.